The Morgan fingerprint density at radius 1 is 1.40 bits per heavy atom. The molecular formula is C6H6F2N2. The number of rotatable bonds is 1. The molecule has 1 aromatic rings. The minimum atomic E-state index is -0.831. The van der Waals surface area contributed by atoms with Gasteiger partial charge >= 0.3 is 0 Å². The summed E-state index contributed by atoms with van der Waals surface area (Å²) in [6.45, 7) is 0.0408. The lowest BCUT2D eigenvalue weighted by molar-refractivity contribution is 0.503. The number of nitrogens with zero attached hydrogens (tertiary/aromatic N) is 1. The molecule has 0 aliphatic heterocycles. The summed E-state index contributed by atoms with van der Waals surface area (Å²) in [6.07, 6.45) is 0. The van der Waals surface area contributed by atoms with Crippen molar-refractivity contribution in [3.63, 3.8) is 0 Å². The third-order valence-corrected chi connectivity index (χ3v) is 1.11. The summed E-state index contributed by atoms with van der Waals surface area (Å²) in [5.41, 5.74) is 5.32. The number of hydrogen-bond donors (Lipinski definition) is 1. The molecule has 2 nitrogen and oxygen atoms in total. The van der Waals surface area contributed by atoms with Crippen LogP contribution in [0.25, 0.3) is 0 Å². The summed E-state index contributed by atoms with van der Waals surface area (Å²) in [5.74, 6) is -1.66. The monoisotopic (exact) mass is 144 g/mol. The maximum atomic E-state index is 12.4. The molecule has 10 heavy (non-hydrogen) atoms. The minimum Gasteiger partial charge on any atom is -0.326 e. The second kappa shape index (κ2) is 2.70. The van der Waals surface area contributed by atoms with Gasteiger partial charge in [-0.05, 0) is 12.1 Å². The zero-order valence-electron chi connectivity index (χ0n) is 5.14. The average Bonchev–Trinajstić information content (AvgIpc) is 1.88. The van der Waals surface area contributed by atoms with Gasteiger partial charge in [0.05, 0.1) is 0 Å². The Morgan fingerprint density at radius 2 is 2.10 bits per heavy atom. The molecular weight excluding hydrogens is 138 g/mol. The van der Waals surface area contributed by atoms with E-state index in [0.29, 0.717) is 0 Å². The molecule has 0 atom stereocenters. The van der Waals surface area contributed by atoms with Gasteiger partial charge in [-0.2, -0.15) is 13.8 Å². The van der Waals surface area contributed by atoms with Gasteiger partial charge < -0.3 is 5.73 Å². The van der Waals surface area contributed by atoms with E-state index in [0.717, 1.165) is 6.07 Å². The van der Waals surface area contributed by atoms with Crippen molar-refractivity contribution in [2.75, 3.05) is 0 Å². The Morgan fingerprint density at radius 3 is 2.60 bits per heavy atom. The highest BCUT2D eigenvalue weighted by molar-refractivity contribution is 5.10. The van der Waals surface area contributed by atoms with E-state index in [-0.39, 0.29) is 12.1 Å². The third-order valence-electron chi connectivity index (χ3n) is 1.11. The molecule has 0 aliphatic rings. The van der Waals surface area contributed by atoms with Crippen LogP contribution in [0.1, 0.15) is 5.56 Å². The van der Waals surface area contributed by atoms with Crippen molar-refractivity contribution in [1.29, 1.82) is 0 Å². The van der Waals surface area contributed by atoms with Crippen LogP contribution in [0.15, 0.2) is 12.1 Å². The Kier molecular flexibility index (Phi) is 1.91. The fourth-order valence-corrected chi connectivity index (χ4v) is 0.593. The Bertz CT molecular complexity index is 237. The standard InChI is InChI=1S/C6H6F2N2/c7-5-2-1-4(3-9)6(8)10-5/h1-2H,3,9H2. The van der Waals surface area contributed by atoms with E-state index in [9.17, 15) is 8.78 Å². The van der Waals surface area contributed by atoms with Crippen LogP contribution in [0.2, 0.25) is 0 Å². The van der Waals surface area contributed by atoms with Gasteiger partial charge in [0.2, 0.25) is 11.9 Å². The summed E-state index contributed by atoms with van der Waals surface area (Å²) >= 11 is 0. The Hall–Kier alpha value is -1.03. The molecule has 0 amide bonds. The van der Waals surface area contributed by atoms with E-state index in [2.05, 4.69) is 4.98 Å². The van der Waals surface area contributed by atoms with Crippen LogP contribution in [0.4, 0.5) is 8.78 Å². The number of halogens is 2. The molecule has 0 fully saturated rings. The van der Waals surface area contributed by atoms with Crippen LogP contribution in [-0.4, -0.2) is 4.98 Å². The SMILES string of the molecule is NCc1ccc(F)nc1F. The van der Waals surface area contributed by atoms with Crippen LogP contribution >= 0.6 is 0 Å². The first-order valence-corrected chi connectivity index (χ1v) is 2.75. The molecule has 4 heteroatoms. The average molecular weight is 144 g/mol. The zero-order chi connectivity index (χ0) is 7.56. The van der Waals surface area contributed by atoms with E-state index in [4.69, 9.17) is 5.73 Å². The van der Waals surface area contributed by atoms with Crippen molar-refractivity contribution in [1.82, 2.24) is 4.98 Å². The summed E-state index contributed by atoms with van der Waals surface area (Å²) < 4.78 is 24.5. The van der Waals surface area contributed by atoms with Crippen molar-refractivity contribution in [3.05, 3.63) is 29.6 Å². The van der Waals surface area contributed by atoms with Gasteiger partial charge in [0.15, 0.2) is 0 Å². The molecule has 2 N–H and O–H groups in total. The maximum absolute atomic E-state index is 12.4. The summed E-state index contributed by atoms with van der Waals surface area (Å²) in [6, 6.07) is 2.35. The van der Waals surface area contributed by atoms with Crippen molar-refractivity contribution >= 4 is 0 Å². The first kappa shape index (κ1) is 7.08. The highest BCUT2D eigenvalue weighted by Gasteiger charge is 2.01. The van der Waals surface area contributed by atoms with Gasteiger partial charge in [0, 0.05) is 12.1 Å². The van der Waals surface area contributed by atoms with Crippen LogP contribution < -0.4 is 5.73 Å². The summed E-state index contributed by atoms with van der Waals surface area (Å²) in [4.78, 5) is 2.93. The maximum Gasteiger partial charge on any atom is 0.219 e. The molecule has 0 bridgehead atoms. The lowest BCUT2D eigenvalue weighted by Crippen LogP contribution is -2.02. The molecule has 0 aromatic carbocycles. The van der Waals surface area contributed by atoms with Crippen molar-refractivity contribution in [2.45, 2.75) is 6.54 Å². The Balaban J connectivity index is 3.07. The normalized spacial score (nSPS) is 9.90. The van der Waals surface area contributed by atoms with Crippen molar-refractivity contribution in [3.8, 4) is 0 Å². The molecule has 1 rings (SSSR count). The van der Waals surface area contributed by atoms with Gasteiger partial charge in [-0.1, -0.05) is 0 Å². The molecule has 0 spiro atoms. The zero-order valence-corrected chi connectivity index (χ0v) is 5.14. The minimum absolute atomic E-state index is 0.0408. The van der Waals surface area contributed by atoms with Gasteiger partial charge in [-0.3, -0.25) is 0 Å². The summed E-state index contributed by atoms with van der Waals surface area (Å²) in [7, 11) is 0. The molecule has 0 aliphatic carbocycles. The van der Waals surface area contributed by atoms with E-state index in [1.54, 1.807) is 0 Å². The fourth-order valence-electron chi connectivity index (χ4n) is 0.593. The van der Waals surface area contributed by atoms with E-state index < -0.39 is 11.9 Å². The van der Waals surface area contributed by atoms with Crippen molar-refractivity contribution in [2.24, 2.45) is 5.73 Å². The van der Waals surface area contributed by atoms with Gasteiger partial charge in [-0.15, -0.1) is 0 Å². The number of pyridine rings is 1. The molecule has 0 saturated carbocycles. The van der Waals surface area contributed by atoms with Gasteiger partial charge in [0.1, 0.15) is 0 Å². The third kappa shape index (κ3) is 1.27. The predicted molar refractivity (Wildman–Crippen MR) is 32.0 cm³/mol. The highest BCUT2D eigenvalue weighted by Crippen LogP contribution is 2.03. The molecule has 54 valence electrons. The van der Waals surface area contributed by atoms with Gasteiger partial charge in [-0.25, -0.2) is 0 Å². The second-order valence-corrected chi connectivity index (χ2v) is 1.79. The fraction of sp³-hybridized carbons (Fsp3) is 0.167. The van der Waals surface area contributed by atoms with Crippen LogP contribution in [0.3, 0.4) is 0 Å². The number of hydrogen-bond acceptors (Lipinski definition) is 2. The quantitative estimate of drug-likeness (QED) is 0.592. The lowest BCUT2D eigenvalue weighted by Gasteiger charge is -1.95. The van der Waals surface area contributed by atoms with E-state index in [1.807, 2.05) is 0 Å². The molecule has 0 radical (unpaired) electrons. The van der Waals surface area contributed by atoms with Gasteiger partial charge in [0.25, 0.3) is 0 Å². The van der Waals surface area contributed by atoms with Crippen LogP contribution in [0.5, 0.6) is 0 Å². The Labute approximate surface area is 56.7 Å². The van der Waals surface area contributed by atoms with Crippen LogP contribution in [0, 0.1) is 11.9 Å². The molecule has 0 unspecified atom stereocenters. The first-order valence-electron chi connectivity index (χ1n) is 2.75. The van der Waals surface area contributed by atoms with E-state index in [1.165, 1.54) is 6.07 Å². The number of aromatic nitrogens is 1. The van der Waals surface area contributed by atoms with Crippen molar-refractivity contribution < 1.29 is 8.78 Å². The molecule has 1 aromatic heterocycles. The molecule has 1 heterocycles. The largest absolute Gasteiger partial charge is 0.326 e. The summed E-state index contributed by atoms with van der Waals surface area (Å²) in [5, 5.41) is 0. The predicted octanol–water partition coefficient (Wildman–Crippen LogP) is 0.819. The molecule has 0 saturated heterocycles. The smallest absolute Gasteiger partial charge is 0.219 e. The lowest BCUT2D eigenvalue weighted by atomic mass is 10.3. The second-order valence-electron chi connectivity index (χ2n) is 1.79. The first-order chi connectivity index (χ1) is 4.74. The van der Waals surface area contributed by atoms with E-state index >= 15 is 0 Å². The van der Waals surface area contributed by atoms with Crippen LogP contribution in [-0.2, 0) is 6.54 Å². The number of nitrogens with two attached hydrogens (primary N) is 1. The topological polar surface area (TPSA) is 38.9 Å². The highest BCUT2D eigenvalue weighted by atomic mass is 19.1.